The minimum absolute atomic E-state index is 0. The zero-order chi connectivity index (χ0) is 15.3. The van der Waals surface area contributed by atoms with Crippen molar-refractivity contribution in [3.63, 3.8) is 0 Å². The molecule has 0 saturated heterocycles. The van der Waals surface area contributed by atoms with E-state index in [4.69, 9.17) is 4.74 Å². The van der Waals surface area contributed by atoms with Gasteiger partial charge in [-0.1, -0.05) is 44.3 Å². The lowest BCUT2D eigenvalue weighted by molar-refractivity contribution is 0.153. The molecule has 0 bridgehead atoms. The van der Waals surface area contributed by atoms with E-state index in [0.29, 0.717) is 6.04 Å². The van der Waals surface area contributed by atoms with Crippen molar-refractivity contribution in [2.24, 2.45) is 4.99 Å². The number of hydrogen-bond acceptors (Lipinski definition) is 2. The van der Waals surface area contributed by atoms with E-state index in [1.54, 1.807) is 0 Å². The van der Waals surface area contributed by atoms with Gasteiger partial charge >= 0.3 is 0 Å². The van der Waals surface area contributed by atoms with Crippen molar-refractivity contribution in [3.05, 3.63) is 11.6 Å². The number of nitrogens with zero attached hydrogens (tertiary/aromatic N) is 1. The Balaban J connectivity index is 0.00000441. The fourth-order valence-corrected chi connectivity index (χ4v) is 2.51. The average molecular weight is 423 g/mol. The van der Waals surface area contributed by atoms with Gasteiger partial charge in [-0.3, -0.25) is 4.99 Å². The second kappa shape index (κ2) is 14.3. The second-order valence-electron chi connectivity index (χ2n) is 5.83. The summed E-state index contributed by atoms with van der Waals surface area (Å²) < 4.78 is 5.32. The van der Waals surface area contributed by atoms with Crippen molar-refractivity contribution in [1.82, 2.24) is 10.6 Å². The second-order valence-corrected chi connectivity index (χ2v) is 5.83. The van der Waals surface area contributed by atoms with Gasteiger partial charge in [-0.15, -0.1) is 24.0 Å². The number of nitrogens with one attached hydrogen (secondary N) is 2. The summed E-state index contributed by atoms with van der Waals surface area (Å²) in [5, 5.41) is 6.88. The molecule has 0 aliphatic carbocycles. The van der Waals surface area contributed by atoms with E-state index < -0.39 is 0 Å². The molecule has 130 valence electrons. The molecule has 0 fully saturated rings. The molecule has 0 radical (unpaired) electrons. The van der Waals surface area contributed by atoms with Crippen molar-refractivity contribution >= 4 is 29.9 Å². The molecule has 1 unspecified atom stereocenters. The zero-order valence-electron chi connectivity index (χ0n) is 14.5. The fourth-order valence-electron chi connectivity index (χ4n) is 2.51. The summed E-state index contributed by atoms with van der Waals surface area (Å²) in [6, 6.07) is 0.482. The number of aliphatic imine (C=N–C) groups is 1. The van der Waals surface area contributed by atoms with E-state index >= 15 is 0 Å². The molecule has 1 aliphatic heterocycles. The fraction of sp³-hybridized carbons (Fsp3) is 0.824. The first-order valence-electron chi connectivity index (χ1n) is 8.49. The van der Waals surface area contributed by atoms with E-state index in [0.717, 1.165) is 38.6 Å². The number of hydrogen-bond donors (Lipinski definition) is 2. The molecule has 2 N–H and O–H groups in total. The van der Waals surface area contributed by atoms with Gasteiger partial charge in [0.2, 0.25) is 0 Å². The Labute approximate surface area is 153 Å². The van der Waals surface area contributed by atoms with Gasteiger partial charge in [0.15, 0.2) is 5.96 Å². The quantitative estimate of drug-likeness (QED) is 0.195. The molecule has 5 heteroatoms. The highest BCUT2D eigenvalue weighted by Crippen LogP contribution is 2.10. The minimum atomic E-state index is 0. The Kier molecular flexibility index (Phi) is 14.1. The third-order valence-corrected chi connectivity index (χ3v) is 3.89. The highest BCUT2D eigenvalue weighted by molar-refractivity contribution is 14.0. The van der Waals surface area contributed by atoms with Gasteiger partial charge in [0.1, 0.15) is 0 Å². The topological polar surface area (TPSA) is 45.7 Å². The Morgan fingerprint density at radius 1 is 1.36 bits per heavy atom. The van der Waals surface area contributed by atoms with Gasteiger partial charge in [-0.05, 0) is 26.2 Å². The summed E-state index contributed by atoms with van der Waals surface area (Å²) in [7, 11) is 1.84. The third-order valence-electron chi connectivity index (χ3n) is 3.89. The number of guanidine groups is 1. The van der Waals surface area contributed by atoms with Crippen molar-refractivity contribution in [2.45, 2.75) is 64.8 Å². The SMILES string of the molecule is CCCCCCC(C)NC(=NC)NCCC1=CCOCC1.I. The monoisotopic (exact) mass is 423 g/mol. The Hall–Kier alpha value is -0.300. The van der Waals surface area contributed by atoms with E-state index in [1.165, 1.54) is 37.7 Å². The van der Waals surface area contributed by atoms with E-state index in [2.05, 4.69) is 35.5 Å². The van der Waals surface area contributed by atoms with Crippen LogP contribution in [0.15, 0.2) is 16.6 Å². The van der Waals surface area contributed by atoms with Gasteiger partial charge in [0.25, 0.3) is 0 Å². The smallest absolute Gasteiger partial charge is 0.191 e. The van der Waals surface area contributed by atoms with Gasteiger partial charge in [0, 0.05) is 19.6 Å². The molecule has 22 heavy (non-hydrogen) atoms. The molecule has 0 aromatic rings. The molecule has 4 nitrogen and oxygen atoms in total. The van der Waals surface area contributed by atoms with Crippen LogP contribution in [0, 0.1) is 0 Å². The first kappa shape index (κ1) is 21.7. The van der Waals surface area contributed by atoms with Gasteiger partial charge in [0.05, 0.1) is 13.2 Å². The first-order valence-corrected chi connectivity index (χ1v) is 8.49. The van der Waals surface area contributed by atoms with E-state index in [9.17, 15) is 0 Å². The highest BCUT2D eigenvalue weighted by atomic mass is 127. The maximum absolute atomic E-state index is 5.32. The maximum atomic E-state index is 5.32. The van der Waals surface area contributed by atoms with Crippen LogP contribution in [0.4, 0.5) is 0 Å². The van der Waals surface area contributed by atoms with Crippen LogP contribution in [0.5, 0.6) is 0 Å². The number of rotatable bonds is 9. The summed E-state index contributed by atoms with van der Waals surface area (Å²) in [4.78, 5) is 4.31. The lowest BCUT2D eigenvalue weighted by Gasteiger charge is -2.19. The van der Waals surface area contributed by atoms with Crippen molar-refractivity contribution in [2.75, 3.05) is 26.8 Å². The molecule has 1 atom stereocenters. The van der Waals surface area contributed by atoms with Crippen LogP contribution < -0.4 is 10.6 Å². The highest BCUT2D eigenvalue weighted by Gasteiger charge is 2.06. The molecular weight excluding hydrogens is 389 g/mol. The van der Waals surface area contributed by atoms with E-state index in [-0.39, 0.29) is 24.0 Å². The standard InChI is InChI=1S/C17H33N3O.HI/c1-4-5-6-7-8-15(2)20-17(18-3)19-12-9-16-10-13-21-14-11-16;/h10,15H,4-9,11-14H2,1-3H3,(H2,18,19,20);1H. The van der Waals surface area contributed by atoms with Crippen LogP contribution in [0.2, 0.25) is 0 Å². The van der Waals surface area contributed by atoms with E-state index in [1.807, 2.05) is 7.05 Å². The van der Waals surface area contributed by atoms with Crippen LogP contribution in [-0.4, -0.2) is 38.8 Å². The average Bonchev–Trinajstić information content (AvgIpc) is 2.51. The third kappa shape index (κ3) is 10.4. The summed E-state index contributed by atoms with van der Waals surface area (Å²) >= 11 is 0. The molecule has 1 aliphatic rings. The summed E-state index contributed by atoms with van der Waals surface area (Å²) in [5.41, 5.74) is 1.50. The lowest BCUT2D eigenvalue weighted by Crippen LogP contribution is -2.42. The number of unbranched alkanes of at least 4 members (excludes halogenated alkanes) is 3. The van der Waals surface area contributed by atoms with Crippen LogP contribution >= 0.6 is 24.0 Å². The first-order chi connectivity index (χ1) is 10.3. The maximum Gasteiger partial charge on any atom is 0.191 e. The van der Waals surface area contributed by atoms with Crippen molar-refractivity contribution in [1.29, 1.82) is 0 Å². The normalized spacial score (nSPS) is 16.5. The molecule has 0 aromatic carbocycles. The van der Waals surface area contributed by atoms with Crippen LogP contribution in [0.3, 0.4) is 0 Å². The van der Waals surface area contributed by atoms with Crippen molar-refractivity contribution in [3.8, 4) is 0 Å². The molecular formula is C17H34IN3O. The molecule has 0 spiro atoms. The summed E-state index contributed by atoms with van der Waals surface area (Å²) in [6.45, 7) is 7.07. The van der Waals surface area contributed by atoms with Gasteiger partial charge in [-0.25, -0.2) is 0 Å². The summed E-state index contributed by atoms with van der Waals surface area (Å²) in [6.07, 6.45) is 10.8. The van der Waals surface area contributed by atoms with Gasteiger partial charge < -0.3 is 15.4 Å². The molecule has 0 saturated carbocycles. The molecule has 0 amide bonds. The van der Waals surface area contributed by atoms with Gasteiger partial charge in [-0.2, -0.15) is 0 Å². The lowest BCUT2D eigenvalue weighted by atomic mass is 10.1. The molecule has 0 aromatic heterocycles. The predicted molar refractivity (Wildman–Crippen MR) is 106 cm³/mol. The molecule has 1 rings (SSSR count). The van der Waals surface area contributed by atoms with Crippen LogP contribution in [-0.2, 0) is 4.74 Å². The van der Waals surface area contributed by atoms with Crippen LogP contribution in [0.25, 0.3) is 0 Å². The number of halogens is 1. The van der Waals surface area contributed by atoms with Crippen molar-refractivity contribution < 1.29 is 4.74 Å². The largest absolute Gasteiger partial charge is 0.377 e. The Morgan fingerprint density at radius 3 is 2.82 bits per heavy atom. The predicted octanol–water partition coefficient (Wildman–Crippen LogP) is 3.87. The summed E-state index contributed by atoms with van der Waals surface area (Å²) in [5.74, 6) is 0.922. The zero-order valence-corrected chi connectivity index (χ0v) is 16.8. The molecule has 1 heterocycles. The Morgan fingerprint density at radius 2 is 2.18 bits per heavy atom. The Bertz CT molecular complexity index is 332. The minimum Gasteiger partial charge on any atom is -0.377 e. The number of ether oxygens (including phenoxy) is 1. The van der Waals surface area contributed by atoms with Crippen LogP contribution in [0.1, 0.15) is 58.8 Å².